The largest absolute Gasteiger partial charge is 0.381 e. The van der Waals surface area contributed by atoms with Crippen LogP contribution in [0.2, 0.25) is 0 Å². The predicted octanol–water partition coefficient (Wildman–Crippen LogP) is 1.64. The van der Waals surface area contributed by atoms with Gasteiger partial charge in [-0.1, -0.05) is 20.8 Å². The van der Waals surface area contributed by atoms with E-state index in [9.17, 15) is 0 Å². The van der Waals surface area contributed by atoms with Gasteiger partial charge in [-0.3, -0.25) is 0 Å². The fourth-order valence-electron chi connectivity index (χ4n) is 1.96. The van der Waals surface area contributed by atoms with Crippen LogP contribution < -0.4 is 5.73 Å². The van der Waals surface area contributed by atoms with Crippen LogP contribution in [0.5, 0.6) is 0 Å². The van der Waals surface area contributed by atoms with Gasteiger partial charge in [-0.2, -0.15) is 0 Å². The average molecular weight is 171 g/mol. The molecular formula is C10H21NO. The number of nitrogens with two attached hydrogens (primary N) is 1. The van der Waals surface area contributed by atoms with Crippen LogP contribution in [0, 0.1) is 17.8 Å². The second-order valence-corrected chi connectivity index (χ2v) is 4.33. The molecule has 0 aliphatic carbocycles. The highest BCUT2D eigenvalue weighted by Crippen LogP contribution is 2.26. The average Bonchev–Trinajstić information content (AvgIpc) is 2.04. The molecule has 0 bridgehead atoms. The third-order valence-electron chi connectivity index (χ3n) is 2.97. The van der Waals surface area contributed by atoms with Crippen LogP contribution in [-0.4, -0.2) is 19.3 Å². The van der Waals surface area contributed by atoms with E-state index in [1.807, 2.05) is 0 Å². The molecule has 2 nitrogen and oxygen atoms in total. The molecule has 12 heavy (non-hydrogen) atoms. The summed E-state index contributed by atoms with van der Waals surface area (Å²) in [6, 6.07) is 0.351. The number of ether oxygens (including phenoxy) is 1. The summed E-state index contributed by atoms with van der Waals surface area (Å²) in [5, 5.41) is 0. The van der Waals surface area contributed by atoms with E-state index >= 15 is 0 Å². The molecule has 0 saturated carbocycles. The molecule has 1 rings (SSSR count). The van der Waals surface area contributed by atoms with Gasteiger partial charge in [0.2, 0.25) is 0 Å². The Hall–Kier alpha value is -0.0800. The zero-order chi connectivity index (χ0) is 9.14. The van der Waals surface area contributed by atoms with Crippen LogP contribution in [0.4, 0.5) is 0 Å². The maximum Gasteiger partial charge on any atom is 0.0494 e. The number of rotatable bonds is 2. The van der Waals surface area contributed by atoms with E-state index in [0.29, 0.717) is 23.8 Å². The molecule has 3 unspecified atom stereocenters. The molecule has 1 heterocycles. The molecule has 0 amide bonds. The Morgan fingerprint density at radius 2 is 2.08 bits per heavy atom. The van der Waals surface area contributed by atoms with Gasteiger partial charge in [-0.15, -0.1) is 0 Å². The number of hydrogen-bond donors (Lipinski definition) is 1. The van der Waals surface area contributed by atoms with Gasteiger partial charge in [0, 0.05) is 19.3 Å². The van der Waals surface area contributed by atoms with E-state index in [1.54, 1.807) is 0 Å². The summed E-state index contributed by atoms with van der Waals surface area (Å²) in [7, 11) is 0. The van der Waals surface area contributed by atoms with Crippen molar-refractivity contribution in [2.45, 2.75) is 33.2 Å². The molecule has 3 atom stereocenters. The van der Waals surface area contributed by atoms with E-state index < -0.39 is 0 Å². The molecule has 1 fully saturated rings. The van der Waals surface area contributed by atoms with Gasteiger partial charge in [0.15, 0.2) is 0 Å². The highest BCUT2D eigenvalue weighted by Gasteiger charge is 2.28. The lowest BCUT2D eigenvalue weighted by Gasteiger charge is -2.35. The summed E-state index contributed by atoms with van der Waals surface area (Å²) in [4.78, 5) is 0. The van der Waals surface area contributed by atoms with E-state index in [1.165, 1.54) is 0 Å². The van der Waals surface area contributed by atoms with Crippen molar-refractivity contribution in [2.24, 2.45) is 23.5 Å². The van der Waals surface area contributed by atoms with Crippen LogP contribution in [0.25, 0.3) is 0 Å². The first kappa shape index (κ1) is 10.0. The van der Waals surface area contributed by atoms with Crippen molar-refractivity contribution in [3.63, 3.8) is 0 Å². The Balaban J connectivity index is 2.47. The SMILES string of the molecule is CC(C)C(N)C1CCOCC1C. The normalized spacial score (nSPS) is 33.8. The Kier molecular flexibility index (Phi) is 3.53. The number of hydrogen-bond acceptors (Lipinski definition) is 2. The Bertz CT molecular complexity index is 136. The first-order chi connectivity index (χ1) is 5.63. The highest BCUT2D eigenvalue weighted by molar-refractivity contribution is 4.81. The second-order valence-electron chi connectivity index (χ2n) is 4.33. The van der Waals surface area contributed by atoms with Crippen molar-refractivity contribution >= 4 is 0 Å². The van der Waals surface area contributed by atoms with Gasteiger partial charge in [0.05, 0.1) is 0 Å². The molecule has 0 aromatic heterocycles. The Morgan fingerprint density at radius 3 is 2.58 bits per heavy atom. The Labute approximate surface area is 75.5 Å². The monoisotopic (exact) mass is 171 g/mol. The molecule has 2 N–H and O–H groups in total. The molecule has 0 radical (unpaired) electrons. The van der Waals surface area contributed by atoms with Crippen LogP contribution in [0.3, 0.4) is 0 Å². The van der Waals surface area contributed by atoms with E-state index in [-0.39, 0.29) is 0 Å². The van der Waals surface area contributed by atoms with E-state index in [0.717, 1.165) is 19.6 Å². The van der Waals surface area contributed by atoms with E-state index in [2.05, 4.69) is 20.8 Å². The minimum Gasteiger partial charge on any atom is -0.381 e. The lowest BCUT2D eigenvalue weighted by molar-refractivity contribution is 0.0104. The smallest absolute Gasteiger partial charge is 0.0494 e. The Morgan fingerprint density at radius 1 is 1.42 bits per heavy atom. The fourth-order valence-corrected chi connectivity index (χ4v) is 1.96. The van der Waals surface area contributed by atoms with Gasteiger partial charge in [-0.25, -0.2) is 0 Å². The summed E-state index contributed by atoms with van der Waals surface area (Å²) in [5.74, 6) is 1.89. The molecule has 0 aromatic carbocycles. The minimum absolute atomic E-state index is 0.351. The van der Waals surface area contributed by atoms with Crippen LogP contribution in [0.15, 0.2) is 0 Å². The van der Waals surface area contributed by atoms with Crippen molar-refractivity contribution in [3.05, 3.63) is 0 Å². The van der Waals surface area contributed by atoms with Crippen LogP contribution in [0.1, 0.15) is 27.2 Å². The summed E-state index contributed by atoms with van der Waals surface area (Å²) in [6.07, 6.45) is 1.14. The quantitative estimate of drug-likeness (QED) is 0.685. The molecular weight excluding hydrogens is 150 g/mol. The first-order valence-corrected chi connectivity index (χ1v) is 4.96. The molecule has 2 heteroatoms. The van der Waals surface area contributed by atoms with Crippen molar-refractivity contribution < 1.29 is 4.74 Å². The zero-order valence-electron chi connectivity index (χ0n) is 8.42. The predicted molar refractivity (Wildman–Crippen MR) is 50.9 cm³/mol. The van der Waals surface area contributed by atoms with Crippen molar-refractivity contribution in [2.75, 3.05) is 13.2 Å². The van der Waals surface area contributed by atoms with Crippen LogP contribution >= 0.6 is 0 Å². The zero-order valence-corrected chi connectivity index (χ0v) is 8.42. The third-order valence-corrected chi connectivity index (χ3v) is 2.97. The van der Waals surface area contributed by atoms with Crippen LogP contribution in [-0.2, 0) is 4.74 Å². The summed E-state index contributed by atoms with van der Waals surface area (Å²) < 4.78 is 5.39. The standard InChI is InChI=1S/C10H21NO/c1-7(2)10(11)9-4-5-12-6-8(9)3/h7-10H,4-6,11H2,1-3H3. The minimum atomic E-state index is 0.351. The topological polar surface area (TPSA) is 35.2 Å². The van der Waals surface area contributed by atoms with E-state index in [4.69, 9.17) is 10.5 Å². The molecule has 1 aliphatic heterocycles. The lowest BCUT2D eigenvalue weighted by Crippen LogP contribution is -2.42. The van der Waals surface area contributed by atoms with Crippen molar-refractivity contribution in [1.29, 1.82) is 0 Å². The fraction of sp³-hybridized carbons (Fsp3) is 1.00. The summed E-state index contributed by atoms with van der Waals surface area (Å²) in [6.45, 7) is 8.44. The molecule has 1 aliphatic rings. The summed E-state index contributed by atoms with van der Waals surface area (Å²) >= 11 is 0. The maximum absolute atomic E-state index is 6.13. The summed E-state index contributed by atoms with van der Waals surface area (Å²) in [5.41, 5.74) is 6.13. The van der Waals surface area contributed by atoms with Gasteiger partial charge in [-0.05, 0) is 24.2 Å². The molecule has 0 aromatic rings. The van der Waals surface area contributed by atoms with Gasteiger partial charge in [0.1, 0.15) is 0 Å². The third kappa shape index (κ3) is 2.20. The van der Waals surface area contributed by atoms with Gasteiger partial charge in [0.25, 0.3) is 0 Å². The van der Waals surface area contributed by atoms with Crippen molar-refractivity contribution in [1.82, 2.24) is 0 Å². The van der Waals surface area contributed by atoms with Gasteiger partial charge >= 0.3 is 0 Å². The highest BCUT2D eigenvalue weighted by atomic mass is 16.5. The van der Waals surface area contributed by atoms with Crippen molar-refractivity contribution in [3.8, 4) is 0 Å². The molecule has 1 saturated heterocycles. The second kappa shape index (κ2) is 4.24. The first-order valence-electron chi connectivity index (χ1n) is 4.96. The maximum atomic E-state index is 6.13. The molecule has 0 spiro atoms. The molecule has 72 valence electrons. The lowest BCUT2D eigenvalue weighted by atomic mass is 9.79. The van der Waals surface area contributed by atoms with Gasteiger partial charge < -0.3 is 10.5 Å².